The zero-order valence-electron chi connectivity index (χ0n) is 18.2. The minimum atomic E-state index is -0.407. The van der Waals surface area contributed by atoms with Gasteiger partial charge in [0.25, 0.3) is 5.91 Å². The standard InChI is InChI=1S/C23H28N4O3/c1-15(2)26(19-9-7-6-8-10-19)22(28)14-30-23(29)12-11-20-17(4)24-21-13-16(3)25-27(21)18(20)5/h6-10,13,15H,11-12,14H2,1-5H3. The molecule has 1 aromatic carbocycles. The first-order valence-corrected chi connectivity index (χ1v) is 10.1. The molecule has 7 heteroatoms. The van der Waals surface area contributed by atoms with Crippen LogP contribution < -0.4 is 4.90 Å². The van der Waals surface area contributed by atoms with Crippen LogP contribution in [0.3, 0.4) is 0 Å². The Kier molecular flexibility index (Phi) is 6.50. The van der Waals surface area contributed by atoms with E-state index in [1.165, 1.54) is 0 Å². The molecule has 0 unspecified atom stereocenters. The highest BCUT2D eigenvalue weighted by atomic mass is 16.5. The van der Waals surface area contributed by atoms with Gasteiger partial charge < -0.3 is 9.64 Å². The van der Waals surface area contributed by atoms with Gasteiger partial charge in [-0.25, -0.2) is 9.50 Å². The van der Waals surface area contributed by atoms with Gasteiger partial charge in [-0.2, -0.15) is 5.10 Å². The minimum Gasteiger partial charge on any atom is -0.456 e. The molecule has 0 atom stereocenters. The van der Waals surface area contributed by atoms with Gasteiger partial charge in [-0.05, 0) is 58.7 Å². The molecule has 158 valence electrons. The number of fused-ring (bicyclic) bond motifs is 1. The van der Waals surface area contributed by atoms with Crippen LogP contribution in [0, 0.1) is 20.8 Å². The van der Waals surface area contributed by atoms with E-state index in [4.69, 9.17) is 4.74 Å². The predicted octanol–water partition coefficient (Wildman–Crippen LogP) is 3.57. The maximum absolute atomic E-state index is 12.6. The SMILES string of the molecule is Cc1cc2nc(C)c(CCC(=O)OCC(=O)N(c3ccccc3)C(C)C)c(C)n2n1. The third kappa shape index (κ3) is 4.67. The lowest BCUT2D eigenvalue weighted by molar-refractivity contribution is -0.147. The first-order chi connectivity index (χ1) is 14.3. The maximum Gasteiger partial charge on any atom is 0.306 e. The number of hydrogen-bond donors (Lipinski definition) is 0. The van der Waals surface area contributed by atoms with E-state index in [0.717, 1.165) is 34.0 Å². The van der Waals surface area contributed by atoms with Crippen LogP contribution in [0.15, 0.2) is 36.4 Å². The second-order valence-electron chi connectivity index (χ2n) is 7.67. The number of amides is 1. The number of rotatable bonds is 7. The Hall–Kier alpha value is -3.22. The molecule has 7 nitrogen and oxygen atoms in total. The molecule has 0 saturated heterocycles. The number of ether oxygens (including phenoxy) is 1. The largest absolute Gasteiger partial charge is 0.456 e. The lowest BCUT2D eigenvalue weighted by Crippen LogP contribution is -2.39. The van der Waals surface area contributed by atoms with Crippen LogP contribution in [0.25, 0.3) is 5.65 Å². The summed E-state index contributed by atoms with van der Waals surface area (Å²) >= 11 is 0. The fraction of sp³-hybridized carbons (Fsp3) is 0.391. The van der Waals surface area contributed by atoms with Crippen molar-refractivity contribution in [2.45, 2.75) is 53.5 Å². The highest BCUT2D eigenvalue weighted by Crippen LogP contribution is 2.18. The molecule has 0 spiro atoms. The number of carbonyl (C=O) groups is 2. The molecule has 0 aliphatic rings. The molecule has 3 aromatic rings. The van der Waals surface area contributed by atoms with E-state index in [2.05, 4.69) is 10.1 Å². The number of esters is 1. The van der Waals surface area contributed by atoms with E-state index in [0.29, 0.717) is 6.42 Å². The molecule has 3 rings (SSSR count). The number of aromatic nitrogens is 3. The molecule has 0 aliphatic carbocycles. The summed E-state index contributed by atoms with van der Waals surface area (Å²) in [5.41, 5.74) is 5.29. The molecule has 0 aliphatic heterocycles. The molecule has 0 fully saturated rings. The highest BCUT2D eigenvalue weighted by Gasteiger charge is 2.20. The van der Waals surface area contributed by atoms with E-state index in [1.807, 2.05) is 71.0 Å². The molecule has 0 radical (unpaired) electrons. The summed E-state index contributed by atoms with van der Waals surface area (Å²) in [6.07, 6.45) is 0.661. The Morgan fingerprint density at radius 1 is 1.13 bits per heavy atom. The average Bonchev–Trinajstić information content (AvgIpc) is 3.07. The van der Waals surface area contributed by atoms with Gasteiger partial charge in [-0.1, -0.05) is 18.2 Å². The summed E-state index contributed by atoms with van der Waals surface area (Å²) in [6, 6.07) is 11.3. The second kappa shape index (κ2) is 9.07. The first-order valence-electron chi connectivity index (χ1n) is 10.1. The van der Waals surface area contributed by atoms with Crippen molar-refractivity contribution in [1.82, 2.24) is 14.6 Å². The monoisotopic (exact) mass is 408 g/mol. The third-order valence-electron chi connectivity index (χ3n) is 5.04. The molecular formula is C23H28N4O3. The molecule has 30 heavy (non-hydrogen) atoms. The molecule has 1 amide bonds. The van der Waals surface area contributed by atoms with Crippen LogP contribution in [-0.4, -0.2) is 39.1 Å². The topological polar surface area (TPSA) is 76.8 Å². The van der Waals surface area contributed by atoms with Gasteiger partial charge in [-0.15, -0.1) is 0 Å². The molecule has 0 saturated carbocycles. The number of aryl methyl sites for hydroxylation is 3. The quantitative estimate of drug-likeness (QED) is 0.559. The van der Waals surface area contributed by atoms with Gasteiger partial charge in [0.05, 0.1) is 5.69 Å². The van der Waals surface area contributed by atoms with Crippen molar-refractivity contribution >= 4 is 23.2 Å². The van der Waals surface area contributed by atoms with Crippen molar-refractivity contribution in [1.29, 1.82) is 0 Å². The van der Waals surface area contributed by atoms with E-state index >= 15 is 0 Å². The van der Waals surface area contributed by atoms with Crippen LogP contribution in [0.1, 0.15) is 42.9 Å². The summed E-state index contributed by atoms with van der Waals surface area (Å²) in [5.74, 6) is -0.650. The van der Waals surface area contributed by atoms with Gasteiger partial charge >= 0.3 is 5.97 Å². The average molecular weight is 409 g/mol. The predicted molar refractivity (Wildman–Crippen MR) is 116 cm³/mol. The van der Waals surface area contributed by atoms with Crippen LogP contribution in [0.4, 0.5) is 5.69 Å². The van der Waals surface area contributed by atoms with Crippen molar-refractivity contribution in [2.24, 2.45) is 0 Å². The van der Waals surface area contributed by atoms with Crippen LogP contribution in [-0.2, 0) is 20.7 Å². The fourth-order valence-electron chi connectivity index (χ4n) is 3.63. The van der Waals surface area contributed by atoms with Crippen molar-refractivity contribution in [2.75, 3.05) is 11.5 Å². The Morgan fingerprint density at radius 3 is 2.50 bits per heavy atom. The molecule has 2 aromatic heterocycles. The number of nitrogens with zero attached hydrogens (tertiary/aromatic N) is 4. The van der Waals surface area contributed by atoms with Gasteiger partial charge in [0.15, 0.2) is 12.3 Å². The van der Waals surface area contributed by atoms with Crippen molar-refractivity contribution in [3.05, 3.63) is 59.0 Å². The Bertz CT molecular complexity index is 1060. The summed E-state index contributed by atoms with van der Waals surface area (Å²) < 4.78 is 7.08. The molecule has 0 N–H and O–H groups in total. The van der Waals surface area contributed by atoms with Gasteiger partial charge in [0, 0.05) is 35.6 Å². The number of anilines is 1. The third-order valence-corrected chi connectivity index (χ3v) is 5.04. The number of carbonyl (C=O) groups excluding carboxylic acids is 2. The summed E-state index contributed by atoms with van der Waals surface area (Å²) in [6.45, 7) is 9.41. The first kappa shape index (κ1) is 21.5. The van der Waals surface area contributed by atoms with E-state index < -0.39 is 5.97 Å². The summed E-state index contributed by atoms with van der Waals surface area (Å²) in [4.78, 5) is 31.2. The van der Waals surface area contributed by atoms with E-state index in [1.54, 1.807) is 9.42 Å². The number of hydrogen-bond acceptors (Lipinski definition) is 5. The van der Waals surface area contributed by atoms with Crippen molar-refractivity contribution in [3.8, 4) is 0 Å². The van der Waals surface area contributed by atoms with E-state index in [-0.39, 0.29) is 25.0 Å². The lowest BCUT2D eigenvalue weighted by atomic mass is 10.1. The second-order valence-corrected chi connectivity index (χ2v) is 7.67. The van der Waals surface area contributed by atoms with Gasteiger partial charge in [0.2, 0.25) is 0 Å². The van der Waals surface area contributed by atoms with Crippen molar-refractivity contribution in [3.63, 3.8) is 0 Å². The normalized spacial score (nSPS) is 11.1. The molecule has 0 bridgehead atoms. The number of para-hydroxylation sites is 1. The molecular weight excluding hydrogens is 380 g/mol. The smallest absolute Gasteiger partial charge is 0.306 e. The summed E-state index contributed by atoms with van der Waals surface area (Å²) in [7, 11) is 0. The minimum absolute atomic E-state index is 0.0424. The zero-order chi connectivity index (χ0) is 21.8. The van der Waals surface area contributed by atoms with Gasteiger partial charge in [0.1, 0.15) is 0 Å². The number of benzene rings is 1. The van der Waals surface area contributed by atoms with Crippen LogP contribution in [0.2, 0.25) is 0 Å². The van der Waals surface area contributed by atoms with E-state index in [9.17, 15) is 9.59 Å². The summed E-state index contributed by atoms with van der Waals surface area (Å²) in [5, 5.41) is 4.45. The maximum atomic E-state index is 12.6. The highest BCUT2D eigenvalue weighted by molar-refractivity contribution is 5.95. The fourth-order valence-corrected chi connectivity index (χ4v) is 3.63. The van der Waals surface area contributed by atoms with Crippen LogP contribution >= 0.6 is 0 Å². The lowest BCUT2D eigenvalue weighted by Gasteiger charge is -2.26. The Morgan fingerprint density at radius 2 is 1.83 bits per heavy atom. The Labute approximate surface area is 176 Å². The van der Waals surface area contributed by atoms with Crippen molar-refractivity contribution < 1.29 is 14.3 Å². The van der Waals surface area contributed by atoms with Gasteiger partial charge in [-0.3, -0.25) is 9.59 Å². The molecule has 2 heterocycles. The van der Waals surface area contributed by atoms with Crippen LogP contribution in [0.5, 0.6) is 0 Å². The zero-order valence-corrected chi connectivity index (χ0v) is 18.2. The Balaban J connectivity index is 1.61.